The number of rotatable bonds is 3. The molecule has 150 valence electrons. The average molecular weight is 384 g/mol. The zero-order valence-electron chi connectivity index (χ0n) is 16.4. The molecule has 6 nitrogen and oxygen atoms in total. The molecule has 2 heterocycles. The van der Waals surface area contributed by atoms with Crippen molar-refractivity contribution in [2.45, 2.75) is 39.0 Å². The number of benzene rings is 1. The number of amides is 2. The van der Waals surface area contributed by atoms with Crippen LogP contribution in [0.1, 0.15) is 49.4 Å². The molecule has 4 rings (SSSR count). The smallest absolute Gasteiger partial charge is 0.311 e. The predicted molar refractivity (Wildman–Crippen MR) is 104 cm³/mol. The van der Waals surface area contributed by atoms with Crippen molar-refractivity contribution < 1.29 is 19.5 Å². The lowest BCUT2D eigenvalue weighted by Crippen LogP contribution is -2.53. The molecule has 3 aliphatic rings. The van der Waals surface area contributed by atoms with Crippen LogP contribution in [0, 0.1) is 16.7 Å². The fourth-order valence-corrected chi connectivity index (χ4v) is 5.53. The van der Waals surface area contributed by atoms with Crippen LogP contribution in [-0.2, 0) is 9.59 Å². The first kappa shape index (κ1) is 19.0. The van der Waals surface area contributed by atoms with Gasteiger partial charge in [0.25, 0.3) is 5.91 Å². The molecule has 2 saturated heterocycles. The molecule has 1 aliphatic carbocycles. The number of fused-ring (bicyclic) bond motifs is 1. The number of carbonyl (C=O) groups is 3. The molecule has 0 spiro atoms. The minimum Gasteiger partial charge on any atom is -0.481 e. The Morgan fingerprint density at radius 2 is 1.79 bits per heavy atom. The van der Waals surface area contributed by atoms with Gasteiger partial charge in [-0.05, 0) is 50.7 Å². The van der Waals surface area contributed by atoms with Crippen molar-refractivity contribution in [3.63, 3.8) is 0 Å². The Kier molecular flexibility index (Phi) is 4.68. The normalized spacial score (nSPS) is 32.2. The van der Waals surface area contributed by atoms with Gasteiger partial charge >= 0.3 is 5.97 Å². The summed E-state index contributed by atoms with van der Waals surface area (Å²) in [5, 5.41) is 9.80. The highest BCUT2D eigenvalue weighted by molar-refractivity contribution is 5.95. The summed E-state index contributed by atoms with van der Waals surface area (Å²) in [5.41, 5.74) is -0.777. The molecule has 0 bridgehead atoms. The molecule has 0 aromatic heterocycles. The maximum atomic E-state index is 13.4. The summed E-state index contributed by atoms with van der Waals surface area (Å²) in [6, 6.07) is 9.16. The van der Waals surface area contributed by atoms with Gasteiger partial charge in [-0.3, -0.25) is 14.4 Å². The zero-order chi connectivity index (χ0) is 19.9. The third-order valence-corrected chi connectivity index (χ3v) is 7.10. The van der Waals surface area contributed by atoms with E-state index < -0.39 is 16.8 Å². The van der Waals surface area contributed by atoms with Crippen molar-refractivity contribution in [2.75, 3.05) is 26.2 Å². The van der Waals surface area contributed by atoms with Crippen molar-refractivity contribution in [1.82, 2.24) is 9.80 Å². The van der Waals surface area contributed by atoms with Gasteiger partial charge in [0.15, 0.2) is 0 Å². The van der Waals surface area contributed by atoms with Crippen molar-refractivity contribution in [3.05, 3.63) is 35.9 Å². The predicted octanol–water partition coefficient (Wildman–Crippen LogP) is 2.64. The van der Waals surface area contributed by atoms with Crippen molar-refractivity contribution in [2.24, 2.45) is 16.7 Å². The van der Waals surface area contributed by atoms with E-state index in [1.807, 2.05) is 25.1 Å². The standard InChI is InChI=1S/C22H28N2O4/c1-21(10-6-12-23(14-21)18(25)16-7-3-2-4-8-16)19(26)24-13-17-9-5-11-22(17,15-24)20(27)28/h2-4,7-8,17H,5-6,9-15H2,1H3,(H,27,28)/t17-,21?,22+/m0/s1. The van der Waals surface area contributed by atoms with E-state index >= 15 is 0 Å². The number of hydrogen-bond donors (Lipinski definition) is 1. The Balaban J connectivity index is 1.50. The number of carboxylic acid groups (broad SMARTS) is 1. The Labute approximate surface area is 165 Å². The van der Waals surface area contributed by atoms with Crippen LogP contribution in [0.4, 0.5) is 0 Å². The van der Waals surface area contributed by atoms with Gasteiger partial charge in [0.1, 0.15) is 0 Å². The number of hydrogen-bond acceptors (Lipinski definition) is 3. The average Bonchev–Trinajstić information content (AvgIpc) is 3.26. The van der Waals surface area contributed by atoms with E-state index in [2.05, 4.69) is 0 Å². The summed E-state index contributed by atoms with van der Waals surface area (Å²) in [7, 11) is 0. The first-order chi connectivity index (χ1) is 13.4. The second-order valence-corrected chi connectivity index (χ2v) is 8.99. The molecular formula is C22H28N2O4. The van der Waals surface area contributed by atoms with E-state index in [9.17, 15) is 19.5 Å². The van der Waals surface area contributed by atoms with Gasteiger partial charge in [-0.15, -0.1) is 0 Å². The fourth-order valence-electron chi connectivity index (χ4n) is 5.53. The van der Waals surface area contributed by atoms with E-state index in [1.165, 1.54) is 0 Å². The van der Waals surface area contributed by atoms with Crippen LogP contribution in [-0.4, -0.2) is 58.9 Å². The summed E-state index contributed by atoms with van der Waals surface area (Å²) in [6.45, 7) is 3.82. The highest BCUT2D eigenvalue weighted by Gasteiger charge is 2.57. The van der Waals surface area contributed by atoms with Crippen LogP contribution in [0.3, 0.4) is 0 Å². The van der Waals surface area contributed by atoms with Crippen LogP contribution >= 0.6 is 0 Å². The van der Waals surface area contributed by atoms with Crippen LogP contribution in [0.25, 0.3) is 0 Å². The van der Waals surface area contributed by atoms with Gasteiger partial charge < -0.3 is 14.9 Å². The third-order valence-electron chi connectivity index (χ3n) is 7.10. The lowest BCUT2D eigenvalue weighted by molar-refractivity contribution is -0.150. The highest BCUT2D eigenvalue weighted by atomic mass is 16.4. The summed E-state index contributed by atoms with van der Waals surface area (Å²) in [5.74, 6) is -0.740. The molecule has 1 aromatic carbocycles. The Bertz CT molecular complexity index is 795. The first-order valence-corrected chi connectivity index (χ1v) is 10.2. The molecule has 1 unspecified atom stereocenters. The van der Waals surface area contributed by atoms with E-state index in [1.54, 1.807) is 21.9 Å². The lowest BCUT2D eigenvalue weighted by atomic mass is 9.79. The summed E-state index contributed by atoms with van der Waals surface area (Å²) < 4.78 is 0. The van der Waals surface area contributed by atoms with Gasteiger partial charge in [-0.2, -0.15) is 0 Å². The molecule has 28 heavy (non-hydrogen) atoms. The third kappa shape index (κ3) is 2.99. The minimum atomic E-state index is -0.764. The van der Waals surface area contributed by atoms with Crippen molar-refractivity contribution >= 4 is 17.8 Å². The second kappa shape index (κ2) is 6.90. The highest BCUT2D eigenvalue weighted by Crippen LogP contribution is 2.50. The fraction of sp³-hybridized carbons (Fsp3) is 0.591. The monoisotopic (exact) mass is 384 g/mol. The minimum absolute atomic E-state index is 0.00749. The summed E-state index contributed by atoms with van der Waals surface area (Å²) in [4.78, 5) is 41.8. The van der Waals surface area contributed by atoms with E-state index in [0.717, 1.165) is 25.7 Å². The molecule has 2 aliphatic heterocycles. The number of nitrogens with zero attached hydrogens (tertiary/aromatic N) is 2. The summed E-state index contributed by atoms with van der Waals surface area (Å²) >= 11 is 0. The topological polar surface area (TPSA) is 77.9 Å². The SMILES string of the molecule is CC1(C(=O)N2C[C@@H]3CCC[C@@]3(C(=O)O)C2)CCCN(C(=O)c2ccccc2)C1. The molecule has 3 atom stereocenters. The van der Waals surface area contributed by atoms with Gasteiger partial charge in [-0.25, -0.2) is 0 Å². The number of carboxylic acids is 1. The number of aliphatic carboxylic acids is 1. The summed E-state index contributed by atoms with van der Waals surface area (Å²) in [6.07, 6.45) is 3.97. The van der Waals surface area contributed by atoms with E-state index in [4.69, 9.17) is 0 Å². The van der Waals surface area contributed by atoms with Gasteiger partial charge in [0.05, 0.1) is 10.8 Å². The first-order valence-electron chi connectivity index (χ1n) is 10.2. The molecule has 1 N–H and O–H groups in total. The van der Waals surface area contributed by atoms with Crippen LogP contribution in [0.2, 0.25) is 0 Å². The maximum absolute atomic E-state index is 13.4. The Morgan fingerprint density at radius 1 is 1.04 bits per heavy atom. The van der Waals surface area contributed by atoms with E-state index in [-0.39, 0.29) is 17.7 Å². The van der Waals surface area contributed by atoms with Crippen LogP contribution < -0.4 is 0 Å². The second-order valence-electron chi connectivity index (χ2n) is 8.99. The molecule has 1 aromatic rings. The Morgan fingerprint density at radius 3 is 2.46 bits per heavy atom. The van der Waals surface area contributed by atoms with Crippen molar-refractivity contribution in [3.8, 4) is 0 Å². The van der Waals surface area contributed by atoms with Gasteiger partial charge in [-0.1, -0.05) is 24.6 Å². The van der Waals surface area contributed by atoms with Crippen LogP contribution in [0.15, 0.2) is 30.3 Å². The maximum Gasteiger partial charge on any atom is 0.311 e. The molecule has 0 radical (unpaired) electrons. The lowest BCUT2D eigenvalue weighted by Gasteiger charge is -2.41. The zero-order valence-corrected chi connectivity index (χ0v) is 16.4. The number of piperidine rings is 1. The largest absolute Gasteiger partial charge is 0.481 e. The van der Waals surface area contributed by atoms with Gasteiger partial charge in [0.2, 0.25) is 5.91 Å². The van der Waals surface area contributed by atoms with Gasteiger partial charge in [0, 0.05) is 31.7 Å². The molecular weight excluding hydrogens is 356 g/mol. The number of carbonyl (C=O) groups excluding carboxylic acids is 2. The van der Waals surface area contributed by atoms with E-state index in [0.29, 0.717) is 38.2 Å². The van der Waals surface area contributed by atoms with Crippen LogP contribution in [0.5, 0.6) is 0 Å². The number of likely N-dealkylation sites (tertiary alicyclic amines) is 2. The quantitative estimate of drug-likeness (QED) is 0.869. The molecule has 6 heteroatoms. The molecule has 2 amide bonds. The Hall–Kier alpha value is -2.37. The molecule has 1 saturated carbocycles. The molecule has 3 fully saturated rings. The van der Waals surface area contributed by atoms with Crippen molar-refractivity contribution in [1.29, 1.82) is 0 Å².